The molecule has 3 heterocycles. The second-order valence-electron chi connectivity index (χ2n) is 7.14. The molecule has 1 aliphatic heterocycles. The van der Waals surface area contributed by atoms with E-state index in [0.29, 0.717) is 16.4 Å². The molecule has 2 aromatic carbocycles. The maximum atomic E-state index is 13.6. The summed E-state index contributed by atoms with van der Waals surface area (Å²) in [5.74, 6) is -0.568. The molecule has 30 heavy (non-hydrogen) atoms. The van der Waals surface area contributed by atoms with E-state index in [-0.39, 0.29) is 27.7 Å². The Labute approximate surface area is 175 Å². The van der Waals surface area contributed by atoms with E-state index in [1.165, 1.54) is 23.1 Å². The third-order valence-corrected chi connectivity index (χ3v) is 5.40. The summed E-state index contributed by atoms with van der Waals surface area (Å²) in [6, 6.07) is 13.1. The van der Waals surface area contributed by atoms with Gasteiger partial charge in [-0.2, -0.15) is 0 Å². The van der Waals surface area contributed by atoms with Crippen LogP contribution in [0.1, 0.15) is 33.3 Å². The van der Waals surface area contributed by atoms with E-state index in [1.807, 2.05) is 13.0 Å². The number of benzene rings is 2. The van der Waals surface area contributed by atoms with Crippen molar-refractivity contribution in [3.8, 4) is 0 Å². The Morgan fingerprint density at radius 1 is 1.07 bits per heavy atom. The van der Waals surface area contributed by atoms with Crippen LogP contribution in [-0.4, -0.2) is 10.9 Å². The lowest BCUT2D eigenvalue weighted by Crippen LogP contribution is -2.30. The van der Waals surface area contributed by atoms with Crippen LogP contribution in [0, 0.1) is 12.7 Å². The molecule has 0 fully saturated rings. The summed E-state index contributed by atoms with van der Waals surface area (Å²) in [5, 5.41) is 0.662. The lowest BCUT2D eigenvalue weighted by Gasteiger charge is -2.24. The number of anilines is 1. The van der Waals surface area contributed by atoms with E-state index in [4.69, 9.17) is 16.0 Å². The molecular weight excluding hydrogens is 407 g/mol. The van der Waals surface area contributed by atoms with Crippen LogP contribution in [0.25, 0.3) is 11.0 Å². The Kier molecular flexibility index (Phi) is 4.18. The number of hydrogen-bond donors (Lipinski definition) is 0. The Morgan fingerprint density at radius 2 is 1.83 bits per heavy atom. The minimum atomic E-state index is -0.804. The van der Waals surface area contributed by atoms with Gasteiger partial charge >= 0.3 is 0 Å². The highest BCUT2D eigenvalue weighted by Crippen LogP contribution is 2.40. The van der Waals surface area contributed by atoms with Crippen molar-refractivity contribution in [1.29, 1.82) is 0 Å². The molecule has 1 unspecified atom stereocenters. The number of carbonyl (C=O) groups excluding carboxylic acids is 1. The van der Waals surface area contributed by atoms with E-state index in [9.17, 15) is 14.0 Å². The zero-order chi connectivity index (χ0) is 21.0. The SMILES string of the molecule is Cc1ccnc(N2C(=O)c3oc4ccc(Cl)cc4c(=O)c3C2c2ccc(F)cc2)c1. The Balaban J connectivity index is 1.83. The average molecular weight is 421 g/mol. The molecule has 5 rings (SSSR count). The van der Waals surface area contributed by atoms with Crippen molar-refractivity contribution < 1.29 is 13.6 Å². The van der Waals surface area contributed by atoms with Crippen LogP contribution in [0.4, 0.5) is 10.2 Å². The normalized spacial score (nSPS) is 15.6. The Morgan fingerprint density at radius 3 is 2.57 bits per heavy atom. The first-order valence-electron chi connectivity index (χ1n) is 9.22. The van der Waals surface area contributed by atoms with Crippen LogP contribution in [0.2, 0.25) is 5.02 Å². The fraction of sp³-hybridized carbons (Fsp3) is 0.0870. The zero-order valence-electron chi connectivity index (χ0n) is 15.7. The number of carbonyl (C=O) groups is 1. The molecule has 0 radical (unpaired) electrons. The lowest BCUT2D eigenvalue weighted by atomic mass is 9.98. The Bertz CT molecular complexity index is 1380. The quantitative estimate of drug-likeness (QED) is 0.456. The van der Waals surface area contributed by atoms with E-state index in [0.717, 1.165) is 5.56 Å². The summed E-state index contributed by atoms with van der Waals surface area (Å²) < 4.78 is 19.4. The minimum Gasteiger partial charge on any atom is -0.450 e. The number of rotatable bonds is 2. The number of fused-ring (bicyclic) bond motifs is 2. The van der Waals surface area contributed by atoms with Gasteiger partial charge in [0.1, 0.15) is 17.2 Å². The summed E-state index contributed by atoms with van der Waals surface area (Å²) in [6.07, 6.45) is 1.59. The van der Waals surface area contributed by atoms with Crippen molar-refractivity contribution in [2.24, 2.45) is 0 Å². The summed E-state index contributed by atoms with van der Waals surface area (Å²) in [7, 11) is 0. The first-order chi connectivity index (χ1) is 14.4. The number of halogens is 2. The van der Waals surface area contributed by atoms with Crippen LogP contribution in [-0.2, 0) is 0 Å². The molecule has 0 saturated heterocycles. The minimum absolute atomic E-state index is 0.0487. The van der Waals surface area contributed by atoms with Gasteiger partial charge in [-0.1, -0.05) is 23.7 Å². The third kappa shape index (κ3) is 2.80. The van der Waals surface area contributed by atoms with Crippen LogP contribution in [0.15, 0.2) is 70.0 Å². The van der Waals surface area contributed by atoms with Gasteiger partial charge in [0.15, 0.2) is 5.43 Å². The third-order valence-electron chi connectivity index (χ3n) is 5.17. The smallest absolute Gasteiger partial charge is 0.296 e. The zero-order valence-corrected chi connectivity index (χ0v) is 16.5. The highest BCUT2D eigenvalue weighted by molar-refractivity contribution is 6.31. The van der Waals surface area contributed by atoms with Gasteiger partial charge in [-0.15, -0.1) is 0 Å². The first kappa shape index (κ1) is 18.5. The van der Waals surface area contributed by atoms with Crippen molar-refractivity contribution in [3.63, 3.8) is 0 Å². The predicted octanol–water partition coefficient (Wildman–Crippen LogP) is 5.04. The Hall–Kier alpha value is -3.51. The summed E-state index contributed by atoms with van der Waals surface area (Å²) in [6.45, 7) is 1.88. The number of aryl methyl sites for hydroxylation is 1. The largest absolute Gasteiger partial charge is 0.450 e. The fourth-order valence-corrected chi connectivity index (χ4v) is 3.97. The summed E-state index contributed by atoms with van der Waals surface area (Å²) in [5.41, 5.74) is 1.57. The molecule has 0 N–H and O–H groups in total. The van der Waals surface area contributed by atoms with Crippen molar-refractivity contribution in [3.05, 3.63) is 104 Å². The van der Waals surface area contributed by atoms with Crippen molar-refractivity contribution >= 4 is 34.3 Å². The first-order valence-corrected chi connectivity index (χ1v) is 9.60. The second kappa shape index (κ2) is 6.78. The second-order valence-corrected chi connectivity index (χ2v) is 7.57. The van der Waals surface area contributed by atoms with Gasteiger partial charge in [0.25, 0.3) is 5.91 Å². The van der Waals surface area contributed by atoms with Gasteiger partial charge in [-0.25, -0.2) is 9.37 Å². The molecule has 1 amide bonds. The monoisotopic (exact) mass is 420 g/mol. The topological polar surface area (TPSA) is 63.4 Å². The van der Waals surface area contributed by atoms with Crippen LogP contribution in [0.3, 0.4) is 0 Å². The highest BCUT2D eigenvalue weighted by Gasteiger charge is 2.44. The number of nitrogens with zero attached hydrogens (tertiary/aromatic N) is 2. The molecule has 0 spiro atoms. The van der Waals surface area contributed by atoms with E-state index in [2.05, 4.69) is 4.98 Å². The van der Waals surface area contributed by atoms with Crippen LogP contribution < -0.4 is 10.3 Å². The van der Waals surface area contributed by atoms with E-state index >= 15 is 0 Å². The molecule has 1 atom stereocenters. The van der Waals surface area contributed by atoms with Crippen LogP contribution in [0.5, 0.6) is 0 Å². The van der Waals surface area contributed by atoms with Crippen LogP contribution >= 0.6 is 11.6 Å². The summed E-state index contributed by atoms with van der Waals surface area (Å²) >= 11 is 6.07. The van der Waals surface area contributed by atoms with Gasteiger partial charge in [-0.05, 0) is 60.5 Å². The molecule has 7 heteroatoms. The van der Waals surface area contributed by atoms with E-state index < -0.39 is 17.8 Å². The van der Waals surface area contributed by atoms with Gasteiger partial charge in [0, 0.05) is 11.2 Å². The molecule has 0 bridgehead atoms. The summed E-state index contributed by atoms with van der Waals surface area (Å²) in [4.78, 5) is 32.5. The van der Waals surface area contributed by atoms with Gasteiger partial charge < -0.3 is 4.42 Å². The molecule has 5 nitrogen and oxygen atoms in total. The molecule has 0 saturated carbocycles. The maximum absolute atomic E-state index is 13.6. The molecule has 148 valence electrons. The average Bonchev–Trinajstić information content (AvgIpc) is 3.02. The molecule has 2 aromatic heterocycles. The van der Waals surface area contributed by atoms with Crippen molar-refractivity contribution in [1.82, 2.24) is 4.98 Å². The molecule has 4 aromatic rings. The standard InChI is InChI=1S/C23H14ClFN2O3/c1-12-8-9-26-18(10-12)27-20(13-2-5-15(25)6-3-13)19-21(28)16-11-14(24)4-7-17(16)30-22(19)23(27)29/h2-11,20H,1H3. The van der Waals surface area contributed by atoms with Gasteiger partial charge in [-0.3, -0.25) is 14.5 Å². The van der Waals surface area contributed by atoms with Gasteiger partial charge in [0.2, 0.25) is 5.76 Å². The number of aromatic nitrogens is 1. The van der Waals surface area contributed by atoms with Crippen molar-refractivity contribution in [2.45, 2.75) is 13.0 Å². The van der Waals surface area contributed by atoms with E-state index in [1.54, 1.807) is 36.5 Å². The number of amides is 1. The number of hydrogen-bond acceptors (Lipinski definition) is 4. The lowest BCUT2D eigenvalue weighted by molar-refractivity contribution is 0.0970. The number of pyridine rings is 1. The molecule has 1 aliphatic rings. The van der Waals surface area contributed by atoms with Crippen molar-refractivity contribution in [2.75, 3.05) is 4.90 Å². The molecular formula is C23H14ClFN2O3. The van der Waals surface area contributed by atoms with Gasteiger partial charge in [0.05, 0.1) is 17.0 Å². The predicted molar refractivity (Wildman–Crippen MR) is 112 cm³/mol. The highest BCUT2D eigenvalue weighted by atomic mass is 35.5. The molecule has 0 aliphatic carbocycles. The fourth-order valence-electron chi connectivity index (χ4n) is 3.79. The maximum Gasteiger partial charge on any atom is 0.296 e.